The lowest BCUT2D eigenvalue weighted by atomic mass is 10.1. The molecule has 1 saturated heterocycles. The molecule has 0 radical (unpaired) electrons. The van der Waals surface area contributed by atoms with E-state index in [0.717, 1.165) is 6.42 Å². The monoisotopic (exact) mass is 321 g/mol. The Morgan fingerprint density at radius 3 is 2.52 bits per heavy atom. The minimum Gasteiger partial charge on any atom is -0.372 e. The maximum absolute atomic E-state index is 12.1. The molecule has 1 aliphatic rings. The third kappa shape index (κ3) is 6.20. The Balaban J connectivity index is 0.00000400. The van der Waals surface area contributed by atoms with Crippen LogP contribution in [0.2, 0.25) is 0 Å². The predicted molar refractivity (Wildman–Crippen MR) is 84.3 cm³/mol. The summed E-state index contributed by atoms with van der Waals surface area (Å²) in [5, 5.41) is 2.61. The minimum atomic E-state index is -0.574. The van der Waals surface area contributed by atoms with Crippen LogP contribution in [0.3, 0.4) is 0 Å². The number of ether oxygens (including phenoxy) is 1. The molecule has 2 unspecified atom stereocenters. The van der Waals surface area contributed by atoms with Gasteiger partial charge in [-0.25, -0.2) is 0 Å². The summed E-state index contributed by atoms with van der Waals surface area (Å²) in [6.45, 7) is 8.91. The molecule has 0 aromatic rings. The molecule has 7 heteroatoms. The standard InChI is InChI=1S/C14H27N3O3.ClH/c1-5-11-8-17(7-10(4)20-11)12(18)6-16-14(19)13(15)9(2)3;/h9-11,13H,5-8,15H2,1-4H3,(H,16,19);1H/t10?,11?,13-;/m0./s1. The Kier molecular flexibility index (Phi) is 8.85. The van der Waals surface area contributed by atoms with Gasteiger partial charge in [-0.1, -0.05) is 20.8 Å². The van der Waals surface area contributed by atoms with Gasteiger partial charge in [-0.2, -0.15) is 0 Å². The van der Waals surface area contributed by atoms with E-state index < -0.39 is 6.04 Å². The van der Waals surface area contributed by atoms with E-state index in [1.807, 2.05) is 27.7 Å². The van der Waals surface area contributed by atoms with Crippen LogP contribution in [0.15, 0.2) is 0 Å². The normalized spacial score (nSPS) is 23.4. The van der Waals surface area contributed by atoms with Crippen molar-refractivity contribution in [3.8, 4) is 0 Å². The van der Waals surface area contributed by atoms with Crippen LogP contribution >= 0.6 is 12.4 Å². The molecule has 0 bridgehead atoms. The van der Waals surface area contributed by atoms with Gasteiger partial charge < -0.3 is 20.7 Å². The smallest absolute Gasteiger partial charge is 0.242 e. The summed E-state index contributed by atoms with van der Waals surface area (Å²) in [4.78, 5) is 25.6. The largest absolute Gasteiger partial charge is 0.372 e. The van der Waals surface area contributed by atoms with Crippen molar-refractivity contribution in [3.63, 3.8) is 0 Å². The third-order valence-electron chi connectivity index (χ3n) is 3.57. The van der Waals surface area contributed by atoms with Crippen LogP contribution in [0.1, 0.15) is 34.1 Å². The SMILES string of the molecule is CCC1CN(C(=O)CNC(=O)[C@@H](N)C(C)C)CC(C)O1.Cl. The molecule has 6 nitrogen and oxygen atoms in total. The number of hydrogen-bond acceptors (Lipinski definition) is 4. The zero-order chi connectivity index (χ0) is 15.3. The molecular weight excluding hydrogens is 294 g/mol. The molecule has 2 amide bonds. The number of hydrogen-bond donors (Lipinski definition) is 2. The second-order valence-electron chi connectivity index (χ2n) is 5.76. The Morgan fingerprint density at radius 2 is 2.00 bits per heavy atom. The lowest BCUT2D eigenvalue weighted by molar-refractivity contribution is -0.144. The lowest BCUT2D eigenvalue weighted by Gasteiger charge is -2.36. The average Bonchev–Trinajstić information content (AvgIpc) is 2.42. The highest BCUT2D eigenvalue weighted by Gasteiger charge is 2.27. The zero-order valence-corrected chi connectivity index (χ0v) is 14.1. The van der Waals surface area contributed by atoms with E-state index in [1.165, 1.54) is 0 Å². The zero-order valence-electron chi connectivity index (χ0n) is 13.3. The quantitative estimate of drug-likeness (QED) is 0.773. The lowest BCUT2D eigenvalue weighted by Crippen LogP contribution is -2.53. The van der Waals surface area contributed by atoms with E-state index in [9.17, 15) is 9.59 Å². The van der Waals surface area contributed by atoms with Gasteiger partial charge in [0, 0.05) is 13.1 Å². The van der Waals surface area contributed by atoms with E-state index in [4.69, 9.17) is 10.5 Å². The second kappa shape index (κ2) is 9.23. The number of nitrogens with two attached hydrogens (primary N) is 1. The van der Waals surface area contributed by atoms with E-state index >= 15 is 0 Å². The Hall–Kier alpha value is -0.850. The van der Waals surface area contributed by atoms with E-state index in [-0.39, 0.29) is 48.9 Å². The molecule has 0 saturated carbocycles. The molecule has 124 valence electrons. The number of nitrogens with zero attached hydrogens (tertiary/aromatic N) is 1. The van der Waals surface area contributed by atoms with Crippen molar-refractivity contribution in [2.45, 2.75) is 52.4 Å². The highest BCUT2D eigenvalue weighted by atomic mass is 35.5. The van der Waals surface area contributed by atoms with Crippen molar-refractivity contribution >= 4 is 24.2 Å². The van der Waals surface area contributed by atoms with Gasteiger partial charge in [0.15, 0.2) is 0 Å². The minimum absolute atomic E-state index is 0. The first-order valence-electron chi connectivity index (χ1n) is 7.31. The van der Waals surface area contributed by atoms with Crippen LogP contribution in [0.4, 0.5) is 0 Å². The van der Waals surface area contributed by atoms with Crippen LogP contribution in [-0.4, -0.2) is 54.6 Å². The second-order valence-corrected chi connectivity index (χ2v) is 5.76. The van der Waals surface area contributed by atoms with Gasteiger partial charge in [-0.15, -0.1) is 12.4 Å². The van der Waals surface area contributed by atoms with Gasteiger partial charge in [0.25, 0.3) is 0 Å². The Bertz CT molecular complexity index is 352. The summed E-state index contributed by atoms with van der Waals surface area (Å²) in [7, 11) is 0. The van der Waals surface area contributed by atoms with Gasteiger partial charge in [-0.3, -0.25) is 9.59 Å². The number of halogens is 1. The highest BCUT2D eigenvalue weighted by Crippen LogP contribution is 2.13. The first-order valence-corrected chi connectivity index (χ1v) is 7.31. The maximum Gasteiger partial charge on any atom is 0.242 e. The molecule has 1 heterocycles. The van der Waals surface area contributed by atoms with Gasteiger partial charge in [-0.05, 0) is 19.3 Å². The summed E-state index contributed by atoms with van der Waals surface area (Å²) < 4.78 is 5.71. The highest BCUT2D eigenvalue weighted by molar-refractivity contribution is 5.87. The topological polar surface area (TPSA) is 84.7 Å². The molecule has 21 heavy (non-hydrogen) atoms. The van der Waals surface area contributed by atoms with Crippen molar-refractivity contribution in [2.24, 2.45) is 11.7 Å². The number of rotatable bonds is 5. The van der Waals surface area contributed by atoms with Gasteiger partial charge >= 0.3 is 0 Å². The van der Waals surface area contributed by atoms with Gasteiger partial charge in [0.2, 0.25) is 11.8 Å². The summed E-state index contributed by atoms with van der Waals surface area (Å²) in [5.74, 6) is -0.303. The summed E-state index contributed by atoms with van der Waals surface area (Å²) in [6, 6.07) is -0.574. The first kappa shape index (κ1) is 20.1. The van der Waals surface area contributed by atoms with E-state index in [0.29, 0.717) is 13.1 Å². The summed E-state index contributed by atoms with van der Waals surface area (Å²) >= 11 is 0. The fourth-order valence-corrected chi connectivity index (χ4v) is 2.17. The number of carbonyl (C=O) groups is 2. The molecule has 3 atom stereocenters. The van der Waals surface area contributed by atoms with Crippen LogP contribution in [-0.2, 0) is 14.3 Å². The fourth-order valence-electron chi connectivity index (χ4n) is 2.17. The number of nitrogens with one attached hydrogen (secondary N) is 1. The van der Waals surface area contributed by atoms with Crippen LogP contribution in [0.5, 0.6) is 0 Å². The van der Waals surface area contributed by atoms with Crippen LogP contribution < -0.4 is 11.1 Å². The summed E-state index contributed by atoms with van der Waals surface area (Å²) in [5.41, 5.74) is 5.73. The third-order valence-corrected chi connectivity index (χ3v) is 3.57. The van der Waals surface area contributed by atoms with Crippen LogP contribution in [0.25, 0.3) is 0 Å². The Morgan fingerprint density at radius 1 is 1.38 bits per heavy atom. The number of carbonyl (C=O) groups excluding carboxylic acids is 2. The molecule has 0 aromatic heterocycles. The first-order chi connectivity index (χ1) is 9.35. The van der Waals surface area contributed by atoms with E-state index in [1.54, 1.807) is 4.90 Å². The van der Waals surface area contributed by atoms with Crippen molar-refractivity contribution in [1.82, 2.24) is 10.2 Å². The molecule has 0 aliphatic carbocycles. The van der Waals surface area contributed by atoms with Gasteiger partial charge in [0.1, 0.15) is 0 Å². The summed E-state index contributed by atoms with van der Waals surface area (Å²) in [6.07, 6.45) is 0.987. The number of amides is 2. The fraction of sp³-hybridized carbons (Fsp3) is 0.857. The van der Waals surface area contributed by atoms with E-state index in [2.05, 4.69) is 5.32 Å². The van der Waals surface area contributed by atoms with Crippen LogP contribution in [0, 0.1) is 5.92 Å². The maximum atomic E-state index is 12.1. The van der Waals surface area contributed by atoms with Crippen molar-refractivity contribution in [2.75, 3.05) is 19.6 Å². The molecule has 0 spiro atoms. The molecule has 0 aromatic carbocycles. The predicted octanol–water partition coefficient (Wildman–Crippen LogP) is 0.534. The molecule has 1 rings (SSSR count). The van der Waals surface area contributed by atoms with Crippen molar-refractivity contribution < 1.29 is 14.3 Å². The molecule has 1 fully saturated rings. The average molecular weight is 322 g/mol. The molecular formula is C14H28ClN3O3. The molecule has 3 N–H and O–H groups in total. The molecule has 1 aliphatic heterocycles. The van der Waals surface area contributed by atoms with Crippen molar-refractivity contribution in [1.29, 1.82) is 0 Å². The van der Waals surface area contributed by atoms with Crippen molar-refractivity contribution in [3.05, 3.63) is 0 Å². The van der Waals surface area contributed by atoms with Gasteiger partial charge in [0.05, 0.1) is 24.8 Å². The Labute approximate surface area is 133 Å². The number of morpholine rings is 1.